The SMILES string of the molecule is CCCOc1ccc([C@H]2NC(=S)NC(C)=C2C(=O)OC)cc1OCC. The van der Waals surface area contributed by atoms with Crippen molar-refractivity contribution in [3.63, 3.8) is 0 Å². The minimum Gasteiger partial charge on any atom is -0.490 e. The van der Waals surface area contributed by atoms with E-state index in [2.05, 4.69) is 10.6 Å². The van der Waals surface area contributed by atoms with Crippen molar-refractivity contribution < 1.29 is 19.0 Å². The molecule has 2 rings (SSSR count). The number of esters is 1. The first-order valence-corrected chi connectivity index (χ1v) is 8.68. The van der Waals surface area contributed by atoms with Crippen LogP contribution in [0.1, 0.15) is 38.8 Å². The Labute approximate surface area is 153 Å². The molecule has 0 unspecified atom stereocenters. The Hall–Kier alpha value is -2.28. The van der Waals surface area contributed by atoms with Crippen molar-refractivity contribution in [3.05, 3.63) is 35.0 Å². The van der Waals surface area contributed by atoms with Crippen molar-refractivity contribution in [1.82, 2.24) is 10.6 Å². The van der Waals surface area contributed by atoms with Gasteiger partial charge < -0.3 is 24.8 Å². The minimum atomic E-state index is -0.416. The summed E-state index contributed by atoms with van der Waals surface area (Å²) in [7, 11) is 1.36. The Morgan fingerprint density at radius 1 is 1.24 bits per heavy atom. The fourth-order valence-corrected chi connectivity index (χ4v) is 2.90. The van der Waals surface area contributed by atoms with E-state index in [0.29, 0.717) is 41.1 Å². The Balaban J connectivity index is 2.43. The Morgan fingerprint density at radius 3 is 2.64 bits per heavy atom. The summed E-state index contributed by atoms with van der Waals surface area (Å²) >= 11 is 5.24. The zero-order chi connectivity index (χ0) is 18.4. The van der Waals surface area contributed by atoms with Crippen LogP contribution in [0.5, 0.6) is 11.5 Å². The van der Waals surface area contributed by atoms with Crippen LogP contribution in [0.25, 0.3) is 0 Å². The lowest BCUT2D eigenvalue weighted by molar-refractivity contribution is -0.136. The van der Waals surface area contributed by atoms with Gasteiger partial charge in [-0.15, -0.1) is 0 Å². The summed E-state index contributed by atoms with van der Waals surface area (Å²) in [6.45, 7) is 6.89. The van der Waals surface area contributed by atoms with Gasteiger partial charge in [-0.2, -0.15) is 0 Å². The molecular formula is C18H24N2O4S. The third-order valence-electron chi connectivity index (χ3n) is 3.74. The molecule has 7 heteroatoms. The number of methoxy groups -OCH3 is 1. The molecule has 136 valence electrons. The number of hydrogen-bond acceptors (Lipinski definition) is 5. The highest BCUT2D eigenvalue weighted by molar-refractivity contribution is 7.80. The molecule has 6 nitrogen and oxygen atoms in total. The maximum absolute atomic E-state index is 12.2. The topological polar surface area (TPSA) is 68.8 Å². The molecule has 0 amide bonds. The predicted octanol–water partition coefficient (Wildman–Crippen LogP) is 2.84. The lowest BCUT2D eigenvalue weighted by atomic mass is 9.95. The van der Waals surface area contributed by atoms with E-state index in [-0.39, 0.29) is 0 Å². The fourth-order valence-electron chi connectivity index (χ4n) is 2.63. The van der Waals surface area contributed by atoms with E-state index in [1.54, 1.807) is 6.92 Å². The molecule has 1 heterocycles. The number of ether oxygens (including phenoxy) is 3. The van der Waals surface area contributed by atoms with Crippen molar-refractivity contribution in [2.45, 2.75) is 33.2 Å². The van der Waals surface area contributed by atoms with Crippen molar-refractivity contribution >= 4 is 23.3 Å². The van der Waals surface area contributed by atoms with Crippen LogP contribution in [-0.2, 0) is 9.53 Å². The Morgan fingerprint density at radius 2 is 2.00 bits per heavy atom. The van der Waals surface area contributed by atoms with Gasteiger partial charge in [0, 0.05) is 5.70 Å². The third-order valence-corrected chi connectivity index (χ3v) is 3.96. The van der Waals surface area contributed by atoms with Gasteiger partial charge in [-0.25, -0.2) is 4.79 Å². The zero-order valence-electron chi connectivity index (χ0n) is 15.0. The van der Waals surface area contributed by atoms with Crippen LogP contribution < -0.4 is 20.1 Å². The molecule has 0 spiro atoms. The molecule has 1 atom stereocenters. The zero-order valence-corrected chi connectivity index (χ0v) is 15.8. The summed E-state index contributed by atoms with van der Waals surface area (Å²) < 4.78 is 16.4. The molecule has 1 aliphatic heterocycles. The van der Waals surface area contributed by atoms with Gasteiger partial charge in [0.1, 0.15) is 0 Å². The van der Waals surface area contributed by atoms with Gasteiger partial charge in [0.25, 0.3) is 0 Å². The van der Waals surface area contributed by atoms with Crippen molar-refractivity contribution in [3.8, 4) is 11.5 Å². The van der Waals surface area contributed by atoms with E-state index in [1.807, 2.05) is 32.0 Å². The number of allylic oxidation sites excluding steroid dienone is 1. The summed E-state index contributed by atoms with van der Waals surface area (Å²) in [5, 5.41) is 6.55. The van der Waals surface area contributed by atoms with Crippen molar-refractivity contribution in [2.75, 3.05) is 20.3 Å². The van der Waals surface area contributed by atoms with Gasteiger partial charge in [-0.05, 0) is 50.2 Å². The molecule has 0 aromatic heterocycles. The lowest BCUT2D eigenvalue weighted by Crippen LogP contribution is -2.45. The molecule has 2 N–H and O–H groups in total. The highest BCUT2D eigenvalue weighted by Gasteiger charge is 2.31. The second-order valence-electron chi connectivity index (χ2n) is 5.55. The molecule has 0 saturated carbocycles. The van der Waals surface area contributed by atoms with Crippen molar-refractivity contribution in [2.24, 2.45) is 0 Å². The van der Waals surface area contributed by atoms with E-state index >= 15 is 0 Å². The molecule has 1 aliphatic rings. The molecule has 0 fully saturated rings. The summed E-state index contributed by atoms with van der Waals surface area (Å²) in [6.07, 6.45) is 0.909. The second-order valence-corrected chi connectivity index (χ2v) is 5.96. The molecule has 0 bridgehead atoms. The maximum atomic E-state index is 12.2. The first-order valence-electron chi connectivity index (χ1n) is 8.27. The summed E-state index contributed by atoms with van der Waals surface area (Å²) in [6, 6.07) is 5.21. The van der Waals surface area contributed by atoms with Gasteiger partial charge in [0.15, 0.2) is 16.6 Å². The molecule has 1 aromatic rings. The smallest absolute Gasteiger partial charge is 0.337 e. The Bertz CT molecular complexity index is 688. The van der Waals surface area contributed by atoms with Crippen LogP contribution in [0.15, 0.2) is 29.5 Å². The number of carbonyl (C=O) groups excluding carboxylic acids is 1. The first-order chi connectivity index (χ1) is 12.0. The summed E-state index contributed by atoms with van der Waals surface area (Å²) in [4.78, 5) is 12.2. The quantitative estimate of drug-likeness (QED) is 0.569. The van der Waals surface area contributed by atoms with E-state index in [0.717, 1.165) is 12.0 Å². The maximum Gasteiger partial charge on any atom is 0.337 e. The van der Waals surface area contributed by atoms with E-state index in [4.69, 9.17) is 26.4 Å². The standard InChI is InChI=1S/C18H24N2O4S/c1-5-9-24-13-8-7-12(10-14(13)23-6-2)16-15(17(21)22-4)11(3)19-18(25)20-16/h7-8,10,16H,5-6,9H2,1-4H3,(H2,19,20,25)/t16-/m1/s1. The summed E-state index contributed by atoms with van der Waals surface area (Å²) in [5.41, 5.74) is 2.00. The predicted molar refractivity (Wildman–Crippen MR) is 99.7 cm³/mol. The van der Waals surface area contributed by atoms with Crippen LogP contribution in [0, 0.1) is 0 Å². The van der Waals surface area contributed by atoms with Gasteiger partial charge in [-0.3, -0.25) is 0 Å². The number of thiocarbonyl (C=S) groups is 1. The van der Waals surface area contributed by atoms with Crippen LogP contribution in [0.4, 0.5) is 0 Å². The van der Waals surface area contributed by atoms with Gasteiger partial charge in [-0.1, -0.05) is 13.0 Å². The molecular weight excluding hydrogens is 340 g/mol. The first kappa shape index (κ1) is 19.1. The molecule has 1 aromatic carbocycles. The number of hydrogen-bond donors (Lipinski definition) is 2. The molecule has 0 saturated heterocycles. The second kappa shape index (κ2) is 8.71. The van der Waals surface area contributed by atoms with Gasteiger partial charge in [0.2, 0.25) is 0 Å². The average molecular weight is 364 g/mol. The lowest BCUT2D eigenvalue weighted by Gasteiger charge is -2.30. The number of rotatable bonds is 7. The largest absolute Gasteiger partial charge is 0.490 e. The van der Waals surface area contributed by atoms with Crippen LogP contribution in [0.2, 0.25) is 0 Å². The van der Waals surface area contributed by atoms with Crippen LogP contribution in [-0.4, -0.2) is 31.4 Å². The fraction of sp³-hybridized carbons (Fsp3) is 0.444. The highest BCUT2D eigenvalue weighted by atomic mass is 32.1. The average Bonchev–Trinajstić information content (AvgIpc) is 2.59. The number of nitrogens with one attached hydrogen (secondary N) is 2. The van der Waals surface area contributed by atoms with Gasteiger partial charge in [0.05, 0.1) is 31.9 Å². The van der Waals surface area contributed by atoms with E-state index in [9.17, 15) is 4.79 Å². The summed E-state index contributed by atoms with van der Waals surface area (Å²) in [5.74, 6) is 0.917. The van der Waals surface area contributed by atoms with Crippen molar-refractivity contribution in [1.29, 1.82) is 0 Å². The monoisotopic (exact) mass is 364 g/mol. The van der Waals surface area contributed by atoms with E-state index < -0.39 is 12.0 Å². The Kier molecular flexibility index (Phi) is 6.64. The van der Waals surface area contributed by atoms with Crippen LogP contribution in [0.3, 0.4) is 0 Å². The van der Waals surface area contributed by atoms with Crippen LogP contribution >= 0.6 is 12.2 Å². The number of carbonyl (C=O) groups is 1. The van der Waals surface area contributed by atoms with E-state index in [1.165, 1.54) is 7.11 Å². The molecule has 0 aliphatic carbocycles. The molecule has 0 radical (unpaired) electrons. The highest BCUT2D eigenvalue weighted by Crippen LogP contribution is 2.34. The number of benzene rings is 1. The minimum absolute atomic E-state index is 0.408. The third kappa shape index (κ3) is 4.42. The van der Waals surface area contributed by atoms with Gasteiger partial charge >= 0.3 is 5.97 Å². The molecule has 25 heavy (non-hydrogen) atoms. The normalized spacial score (nSPS) is 16.8.